The lowest BCUT2D eigenvalue weighted by molar-refractivity contribution is -0.139. The van der Waals surface area contributed by atoms with Crippen molar-refractivity contribution in [2.45, 2.75) is 26.4 Å². The van der Waals surface area contributed by atoms with Crippen molar-refractivity contribution in [3.05, 3.63) is 48.0 Å². The van der Waals surface area contributed by atoms with Crippen LogP contribution < -0.4 is 0 Å². The summed E-state index contributed by atoms with van der Waals surface area (Å²) in [6.45, 7) is 4.15. The quantitative estimate of drug-likeness (QED) is 0.886. The fraction of sp³-hybridized carbons (Fsp3) is 0.312. The molecule has 1 aromatic heterocycles. The number of aliphatic carboxylic acids is 1. The van der Waals surface area contributed by atoms with Gasteiger partial charge < -0.3 is 9.52 Å². The molecule has 2 aromatic rings. The van der Waals surface area contributed by atoms with Crippen LogP contribution in [0.5, 0.6) is 0 Å². The van der Waals surface area contributed by atoms with E-state index in [9.17, 15) is 9.18 Å². The zero-order valence-electron chi connectivity index (χ0n) is 12.0. The Morgan fingerprint density at radius 2 is 2.00 bits per heavy atom. The smallest absolute Gasteiger partial charge is 0.317 e. The van der Waals surface area contributed by atoms with E-state index in [0.717, 1.165) is 0 Å². The summed E-state index contributed by atoms with van der Waals surface area (Å²) in [5, 5.41) is 8.91. The molecule has 0 saturated heterocycles. The van der Waals surface area contributed by atoms with Gasteiger partial charge in [-0.25, -0.2) is 4.39 Å². The lowest BCUT2D eigenvalue weighted by Crippen LogP contribution is -2.34. The largest absolute Gasteiger partial charge is 0.480 e. The van der Waals surface area contributed by atoms with Crippen LogP contribution in [0.2, 0.25) is 0 Å². The lowest BCUT2D eigenvalue weighted by Gasteiger charge is -2.23. The summed E-state index contributed by atoms with van der Waals surface area (Å²) in [5.41, 5.74) is 0.401. The van der Waals surface area contributed by atoms with E-state index >= 15 is 0 Å². The number of hydrogen-bond acceptors (Lipinski definition) is 3. The Morgan fingerprint density at radius 1 is 1.29 bits per heavy atom. The zero-order chi connectivity index (χ0) is 15.4. The van der Waals surface area contributed by atoms with E-state index in [1.807, 2.05) is 13.8 Å². The van der Waals surface area contributed by atoms with Gasteiger partial charge in [-0.2, -0.15) is 0 Å². The van der Waals surface area contributed by atoms with Crippen molar-refractivity contribution in [3.8, 4) is 11.3 Å². The van der Waals surface area contributed by atoms with Gasteiger partial charge in [0.2, 0.25) is 0 Å². The fourth-order valence-electron chi connectivity index (χ4n) is 2.06. The molecule has 1 N–H and O–H groups in total. The summed E-state index contributed by atoms with van der Waals surface area (Å²) < 4.78 is 19.3. The van der Waals surface area contributed by atoms with Crippen LogP contribution in [-0.4, -0.2) is 28.6 Å². The van der Waals surface area contributed by atoms with E-state index in [0.29, 0.717) is 23.6 Å². The van der Waals surface area contributed by atoms with Crippen molar-refractivity contribution in [2.24, 2.45) is 0 Å². The summed E-state index contributed by atoms with van der Waals surface area (Å²) in [5.74, 6) is -0.167. The van der Waals surface area contributed by atoms with Crippen molar-refractivity contribution in [1.82, 2.24) is 4.90 Å². The van der Waals surface area contributed by atoms with Gasteiger partial charge >= 0.3 is 5.97 Å². The second kappa shape index (κ2) is 6.54. The van der Waals surface area contributed by atoms with E-state index < -0.39 is 5.97 Å². The predicted molar refractivity (Wildman–Crippen MR) is 77.3 cm³/mol. The number of rotatable bonds is 6. The zero-order valence-corrected chi connectivity index (χ0v) is 12.0. The molecule has 0 aliphatic heterocycles. The average Bonchev–Trinajstić information content (AvgIpc) is 2.86. The number of carboxylic acid groups (broad SMARTS) is 1. The van der Waals surface area contributed by atoms with E-state index in [1.165, 1.54) is 6.07 Å². The normalized spacial score (nSPS) is 11.3. The van der Waals surface area contributed by atoms with Gasteiger partial charge in [-0.1, -0.05) is 12.1 Å². The fourth-order valence-corrected chi connectivity index (χ4v) is 2.06. The van der Waals surface area contributed by atoms with Gasteiger partial charge in [0, 0.05) is 6.04 Å². The summed E-state index contributed by atoms with van der Waals surface area (Å²) in [4.78, 5) is 12.6. The van der Waals surface area contributed by atoms with Crippen molar-refractivity contribution >= 4 is 5.97 Å². The number of nitrogens with zero attached hydrogens (tertiary/aromatic N) is 1. The molecule has 1 heterocycles. The molecule has 0 amide bonds. The van der Waals surface area contributed by atoms with Gasteiger partial charge in [-0.05, 0) is 38.1 Å². The Hall–Kier alpha value is -2.14. The molecule has 0 unspecified atom stereocenters. The van der Waals surface area contributed by atoms with Gasteiger partial charge in [0.25, 0.3) is 0 Å². The summed E-state index contributed by atoms with van der Waals surface area (Å²) in [7, 11) is 0. The molecule has 0 bridgehead atoms. The highest BCUT2D eigenvalue weighted by molar-refractivity contribution is 5.69. The molecule has 0 atom stereocenters. The molecule has 1 aromatic carbocycles. The van der Waals surface area contributed by atoms with Crippen LogP contribution in [0.4, 0.5) is 4.39 Å². The van der Waals surface area contributed by atoms with Crippen LogP contribution in [0.3, 0.4) is 0 Å². The average molecular weight is 291 g/mol. The van der Waals surface area contributed by atoms with Crippen LogP contribution >= 0.6 is 0 Å². The first kappa shape index (κ1) is 15.3. The summed E-state index contributed by atoms with van der Waals surface area (Å²) in [6.07, 6.45) is 0. The molecule has 21 heavy (non-hydrogen) atoms. The van der Waals surface area contributed by atoms with Gasteiger partial charge in [-0.15, -0.1) is 0 Å². The van der Waals surface area contributed by atoms with E-state index in [-0.39, 0.29) is 18.4 Å². The van der Waals surface area contributed by atoms with Gasteiger partial charge in [0.15, 0.2) is 0 Å². The Bertz CT molecular complexity index is 621. The third-order valence-corrected chi connectivity index (χ3v) is 3.23. The number of benzene rings is 1. The standard InChI is InChI=1S/C16H18FNO3/c1-11(2)18(10-16(19)20)9-12-7-8-15(21-12)13-5-3-4-6-14(13)17/h3-8,11H,9-10H2,1-2H3,(H,19,20). The first-order valence-electron chi connectivity index (χ1n) is 6.77. The molecule has 0 fully saturated rings. The first-order chi connectivity index (χ1) is 9.97. The van der Waals surface area contributed by atoms with Gasteiger partial charge in [0.1, 0.15) is 17.3 Å². The third kappa shape index (κ3) is 3.92. The monoisotopic (exact) mass is 291 g/mol. The Morgan fingerprint density at radius 3 is 2.62 bits per heavy atom. The maximum Gasteiger partial charge on any atom is 0.317 e. The SMILES string of the molecule is CC(C)N(CC(=O)O)Cc1ccc(-c2ccccc2F)o1. The highest BCUT2D eigenvalue weighted by Gasteiger charge is 2.16. The number of furan rings is 1. The van der Waals surface area contributed by atoms with Crippen molar-refractivity contribution in [2.75, 3.05) is 6.54 Å². The first-order valence-corrected chi connectivity index (χ1v) is 6.77. The predicted octanol–water partition coefficient (Wildman–Crippen LogP) is 3.38. The molecule has 4 nitrogen and oxygen atoms in total. The topological polar surface area (TPSA) is 53.7 Å². The van der Waals surface area contributed by atoms with Crippen LogP contribution in [0.15, 0.2) is 40.8 Å². The second-order valence-electron chi connectivity index (χ2n) is 5.14. The van der Waals surface area contributed by atoms with Crippen LogP contribution in [0, 0.1) is 5.82 Å². The van der Waals surface area contributed by atoms with Gasteiger partial charge in [-0.3, -0.25) is 9.69 Å². The molecule has 0 radical (unpaired) electrons. The maximum atomic E-state index is 13.7. The molecule has 5 heteroatoms. The number of carboxylic acids is 1. The van der Waals surface area contributed by atoms with Crippen LogP contribution in [0.1, 0.15) is 19.6 Å². The van der Waals surface area contributed by atoms with Crippen LogP contribution in [0.25, 0.3) is 11.3 Å². The number of hydrogen-bond donors (Lipinski definition) is 1. The minimum atomic E-state index is -0.885. The Balaban J connectivity index is 2.16. The highest BCUT2D eigenvalue weighted by atomic mass is 19.1. The maximum absolute atomic E-state index is 13.7. The summed E-state index contributed by atoms with van der Waals surface area (Å²) in [6, 6.07) is 9.91. The van der Waals surface area contributed by atoms with Crippen LogP contribution in [-0.2, 0) is 11.3 Å². The Kier molecular flexibility index (Phi) is 4.75. The van der Waals surface area contributed by atoms with Gasteiger partial charge in [0.05, 0.1) is 18.7 Å². The molecular weight excluding hydrogens is 273 g/mol. The second-order valence-corrected chi connectivity index (χ2v) is 5.14. The van der Waals surface area contributed by atoms with E-state index in [2.05, 4.69) is 0 Å². The molecule has 0 spiro atoms. The minimum Gasteiger partial charge on any atom is -0.480 e. The van der Waals surface area contributed by atoms with Crippen molar-refractivity contribution < 1.29 is 18.7 Å². The Labute approximate surface area is 122 Å². The highest BCUT2D eigenvalue weighted by Crippen LogP contribution is 2.25. The van der Waals surface area contributed by atoms with E-state index in [1.54, 1.807) is 35.2 Å². The summed E-state index contributed by atoms with van der Waals surface area (Å²) >= 11 is 0. The molecule has 0 aliphatic carbocycles. The minimum absolute atomic E-state index is 0.0621. The van der Waals surface area contributed by atoms with Crippen molar-refractivity contribution in [3.63, 3.8) is 0 Å². The number of halogens is 1. The van der Waals surface area contributed by atoms with E-state index in [4.69, 9.17) is 9.52 Å². The third-order valence-electron chi connectivity index (χ3n) is 3.23. The molecule has 112 valence electrons. The molecular formula is C16H18FNO3. The molecule has 0 aliphatic rings. The van der Waals surface area contributed by atoms with Crippen molar-refractivity contribution in [1.29, 1.82) is 0 Å². The molecule has 0 saturated carbocycles. The lowest BCUT2D eigenvalue weighted by atomic mass is 10.1. The molecule has 2 rings (SSSR count). The number of carbonyl (C=O) groups is 1.